The molecule has 1 amide bonds. The first-order valence-corrected chi connectivity index (χ1v) is 8.81. The molecule has 2 aromatic heterocycles. The Hall–Kier alpha value is -3.41. The van der Waals surface area contributed by atoms with Gasteiger partial charge in [0.2, 0.25) is 5.91 Å². The average molecular weight is 362 g/mol. The summed E-state index contributed by atoms with van der Waals surface area (Å²) in [7, 11) is 0. The molecule has 0 spiro atoms. The van der Waals surface area contributed by atoms with E-state index in [0.29, 0.717) is 30.8 Å². The molecule has 4 rings (SSSR count). The third-order valence-corrected chi connectivity index (χ3v) is 4.49. The van der Waals surface area contributed by atoms with Gasteiger partial charge in [-0.25, -0.2) is 4.39 Å². The molecule has 0 aliphatic rings. The number of aromatic amines is 1. The van der Waals surface area contributed by atoms with Gasteiger partial charge >= 0.3 is 0 Å². The number of fused-ring (bicyclic) bond motifs is 1. The minimum Gasteiger partial charge on any atom is -0.361 e. The van der Waals surface area contributed by atoms with Crippen LogP contribution in [0.2, 0.25) is 0 Å². The Labute approximate surface area is 155 Å². The van der Waals surface area contributed by atoms with Gasteiger partial charge in [-0.15, -0.1) is 0 Å². The quantitative estimate of drug-likeness (QED) is 0.542. The molecule has 4 aromatic rings. The Morgan fingerprint density at radius 3 is 2.78 bits per heavy atom. The number of halogens is 1. The number of amides is 1. The molecule has 0 saturated carbocycles. The molecule has 0 atom stereocenters. The Morgan fingerprint density at radius 1 is 1.07 bits per heavy atom. The van der Waals surface area contributed by atoms with Gasteiger partial charge in [0.05, 0.1) is 6.54 Å². The number of aromatic nitrogens is 3. The summed E-state index contributed by atoms with van der Waals surface area (Å²) in [6.07, 6.45) is 4.68. The van der Waals surface area contributed by atoms with E-state index in [-0.39, 0.29) is 11.7 Å². The van der Waals surface area contributed by atoms with Crippen LogP contribution in [-0.2, 0) is 17.8 Å². The van der Waals surface area contributed by atoms with Crippen LogP contribution in [0, 0.1) is 5.82 Å². The molecule has 0 aliphatic carbocycles. The molecule has 0 radical (unpaired) electrons. The highest BCUT2D eigenvalue weighted by molar-refractivity contribution is 5.90. The summed E-state index contributed by atoms with van der Waals surface area (Å²) in [6.45, 7) is 0.317. The van der Waals surface area contributed by atoms with Gasteiger partial charge in [-0.05, 0) is 24.1 Å². The van der Waals surface area contributed by atoms with Gasteiger partial charge in [-0.3, -0.25) is 9.48 Å². The smallest absolute Gasteiger partial charge is 0.225 e. The van der Waals surface area contributed by atoms with Crippen LogP contribution in [0.5, 0.6) is 0 Å². The van der Waals surface area contributed by atoms with Crippen LogP contribution >= 0.6 is 0 Å². The van der Waals surface area contributed by atoms with E-state index >= 15 is 0 Å². The minimum atomic E-state index is -0.266. The number of nitrogens with zero attached hydrogens (tertiary/aromatic N) is 2. The fourth-order valence-electron chi connectivity index (χ4n) is 3.11. The zero-order chi connectivity index (χ0) is 18.6. The standard InChI is InChI=1S/C21H19FN4O/c22-18-7-3-1-5-16(18)14-26-12-11-20(25-26)24-21(27)10-9-15-13-23-19-8-4-2-6-17(15)19/h1-8,11-13,23H,9-10,14H2,(H,24,25,27). The summed E-state index contributed by atoms with van der Waals surface area (Å²) in [4.78, 5) is 15.4. The third kappa shape index (κ3) is 3.89. The summed E-state index contributed by atoms with van der Waals surface area (Å²) in [5.74, 6) is 0.101. The largest absolute Gasteiger partial charge is 0.361 e. The maximum atomic E-state index is 13.7. The zero-order valence-electron chi connectivity index (χ0n) is 14.7. The van der Waals surface area contributed by atoms with Crippen LogP contribution in [0.4, 0.5) is 10.2 Å². The van der Waals surface area contributed by atoms with Crippen LogP contribution < -0.4 is 5.32 Å². The second kappa shape index (κ2) is 7.45. The lowest BCUT2D eigenvalue weighted by molar-refractivity contribution is -0.116. The van der Waals surface area contributed by atoms with Gasteiger partial charge in [-0.2, -0.15) is 5.10 Å². The van der Waals surface area contributed by atoms with Crippen LogP contribution in [-0.4, -0.2) is 20.7 Å². The van der Waals surface area contributed by atoms with Crippen molar-refractivity contribution in [3.05, 3.63) is 83.9 Å². The second-order valence-electron chi connectivity index (χ2n) is 6.40. The Morgan fingerprint density at radius 2 is 1.89 bits per heavy atom. The van der Waals surface area contributed by atoms with E-state index in [1.807, 2.05) is 30.5 Å². The molecule has 2 aromatic carbocycles. The highest BCUT2D eigenvalue weighted by Crippen LogP contribution is 2.19. The summed E-state index contributed by atoms with van der Waals surface area (Å²) in [5, 5.41) is 8.23. The van der Waals surface area contributed by atoms with Crippen LogP contribution in [0.3, 0.4) is 0 Å². The van der Waals surface area contributed by atoms with Crippen molar-refractivity contribution in [2.75, 3.05) is 5.32 Å². The first-order chi connectivity index (χ1) is 13.2. The van der Waals surface area contributed by atoms with E-state index in [1.54, 1.807) is 35.1 Å². The van der Waals surface area contributed by atoms with E-state index < -0.39 is 0 Å². The maximum Gasteiger partial charge on any atom is 0.225 e. The average Bonchev–Trinajstić information content (AvgIpc) is 3.29. The van der Waals surface area contributed by atoms with Crippen LogP contribution in [0.1, 0.15) is 17.5 Å². The van der Waals surface area contributed by atoms with E-state index in [0.717, 1.165) is 16.5 Å². The number of H-pyrrole nitrogens is 1. The molecular weight excluding hydrogens is 343 g/mol. The predicted octanol–water partition coefficient (Wildman–Crippen LogP) is 4.12. The fourth-order valence-corrected chi connectivity index (χ4v) is 3.11. The van der Waals surface area contributed by atoms with Crippen molar-refractivity contribution in [2.24, 2.45) is 0 Å². The second-order valence-corrected chi connectivity index (χ2v) is 6.40. The van der Waals surface area contributed by atoms with E-state index in [2.05, 4.69) is 15.4 Å². The molecule has 0 aliphatic heterocycles. The van der Waals surface area contributed by atoms with Crippen molar-refractivity contribution in [1.82, 2.24) is 14.8 Å². The van der Waals surface area contributed by atoms with Crippen LogP contribution in [0.25, 0.3) is 10.9 Å². The zero-order valence-corrected chi connectivity index (χ0v) is 14.7. The molecule has 0 unspecified atom stereocenters. The Balaban J connectivity index is 1.35. The third-order valence-electron chi connectivity index (χ3n) is 4.49. The molecule has 2 N–H and O–H groups in total. The lowest BCUT2D eigenvalue weighted by atomic mass is 10.1. The van der Waals surface area contributed by atoms with Crippen LogP contribution in [0.15, 0.2) is 67.0 Å². The number of hydrogen-bond acceptors (Lipinski definition) is 2. The van der Waals surface area contributed by atoms with Crippen molar-refractivity contribution in [2.45, 2.75) is 19.4 Å². The van der Waals surface area contributed by atoms with Crippen molar-refractivity contribution < 1.29 is 9.18 Å². The number of anilines is 1. The maximum absolute atomic E-state index is 13.7. The molecule has 5 nitrogen and oxygen atoms in total. The lowest BCUT2D eigenvalue weighted by Gasteiger charge is -2.04. The van der Waals surface area contributed by atoms with Gasteiger partial charge in [-0.1, -0.05) is 36.4 Å². The fraction of sp³-hybridized carbons (Fsp3) is 0.143. The number of carbonyl (C=O) groups is 1. The predicted molar refractivity (Wildman–Crippen MR) is 103 cm³/mol. The number of rotatable bonds is 6. The van der Waals surface area contributed by atoms with Crippen molar-refractivity contribution in [1.29, 1.82) is 0 Å². The number of hydrogen-bond donors (Lipinski definition) is 2. The number of aryl methyl sites for hydroxylation is 1. The molecule has 0 fully saturated rings. The van der Waals surface area contributed by atoms with Gasteiger partial charge in [0.1, 0.15) is 5.82 Å². The van der Waals surface area contributed by atoms with E-state index in [9.17, 15) is 9.18 Å². The van der Waals surface area contributed by atoms with E-state index in [1.165, 1.54) is 6.07 Å². The van der Waals surface area contributed by atoms with E-state index in [4.69, 9.17) is 0 Å². The summed E-state index contributed by atoms with van der Waals surface area (Å²) in [5.41, 5.74) is 2.74. The number of carbonyl (C=O) groups excluding carboxylic acids is 1. The van der Waals surface area contributed by atoms with Gasteiger partial charge < -0.3 is 10.3 Å². The van der Waals surface area contributed by atoms with Gasteiger partial charge in [0, 0.05) is 41.3 Å². The lowest BCUT2D eigenvalue weighted by Crippen LogP contribution is -2.13. The monoisotopic (exact) mass is 362 g/mol. The number of para-hydroxylation sites is 1. The summed E-state index contributed by atoms with van der Waals surface area (Å²) >= 11 is 0. The van der Waals surface area contributed by atoms with Crippen molar-refractivity contribution in [3.8, 4) is 0 Å². The molecule has 0 bridgehead atoms. The normalized spacial score (nSPS) is 11.0. The Kier molecular flexibility index (Phi) is 4.70. The van der Waals surface area contributed by atoms with Crippen molar-refractivity contribution in [3.63, 3.8) is 0 Å². The molecule has 6 heteroatoms. The first kappa shape index (κ1) is 17.0. The first-order valence-electron chi connectivity index (χ1n) is 8.81. The Bertz CT molecular complexity index is 1080. The number of benzene rings is 2. The van der Waals surface area contributed by atoms with Gasteiger partial charge in [0.15, 0.2) is 5.82 Å². The minimum absolute atomic E-state index is 0.101. The number of nitrogens with one attached hydrogen (secondary N) is 2. The molecule has 0 saturated heterocycles. The highest BCUT2D eigenvalue weighted by Gasteiger charge is 2.09. The topological polar surface area (TPSA) is 62.7 Å². The SMILES string of the molecule is O=C(CCc1c[nH]c2ccccc12)Nc1ccn(Cc2ccccc2F)n1. The van der Waals surface area contributed by atoms with Crippen molar-refractivity contribution >= 4 is 22.6 Å². The molecule has 2 heterocycles. The highest BCUT2D eigenvalue weighted by atomic mass is 19.1. The van der Waals surface area contributed by atoms with Gasteiger partial charge in [0.25, 0.3) is 0 Å². The molecule has 27 heavy (non-hydrogen) atoms. The summed E-state index contributed by atoms with van der Waals surface area (Å²) < 4.78 is 15.3. The molecule has 136 valence electrons. The summed E-state index contributed by atoms with van der Waals surface area (Å²) in [6, 6.07) is 16.3. The molecular formula is C21H19FN4O.